The van der Waals surface area contributed by atoms with Crippen molar-refractivity contribution >= 4 is 50.6 Å². The third-order valence-electron chi connectivity index (χ3n) is 4.16. The van der Waals surface area contributed by atoms with Crippen LogP contribution in [0.15, 0.2) is 39.3 Å². The summed E-state index contributed by atoms with van der Waals surface area (Å²) in [6, 6.07) is 6.27. The fourth-order valence-electron chi connectivity index (χ4n) is 2.76. The Balaban J connectivity index is 1.43. The number of hydrogen-bond acceptors (Lipinski definition) is 5. The van der Waals surface area contributed by atoms with E-state index in [4.69, 9.17) is 0 Å². The number of thioether (sulfide) groups is 1. The largest absolute Gasteiger partial charge is 0.322 e. The number of benzene rings is 1. The van der Waals surface area contributed by atoms with Gasteiger partial charge in [0.05, 0.1) is 11.4 Å². The summed E-state index contributed by atoms with van der Waals surface area (Å²) in [6.07, 6.45) is 2.85. The smallest absolute Gasteiger partial charge is 0.234 e. The van der Waals surface area contributed by atoms with Gasteiger partial charge in [-0.15, -0.1) is 21.5 Å². The average molecular weight is 485 g/mol. The van der Waals surface area contributed by atoms with E-state index in [1.54, 1.807) is 11.3 Å². The molecule has 1 aromatic carbocycles. The highest BCUT2D eigenvalue weighted by Gasteiger charge is 2.30. The number of nitrogens with zero attached hydrogens (tertiary/aromatic N) is 3. The molecule has 10 heteroatoms. The predicted octanol–water partition coefficient (Wildman–Crippen LogP) is 5.04. The minimum Gasteiger partial charge on any atom is -0.322 e. The van der Waals surface area contributed by atoms with Crippen molar-refractivity contribution in [2.45, 2.75) is 30.5 Å². The zero-order chi connectivity index (χ0) is 19.7. The second-order valence-electron chi connectivity index (χ2n) is 6.34. The van der Waals surface area contributed by atoms with Gasteiger partial charge >= 0.3 is 0 Å². The lowest BCUT2D eigenvalue weighted by Gasteiger charge is -2.10. The van der Waals surface area contributed by atoms with Gasteiger partial charge in [0.15, 0.2) is 11.0 Å². The van der Waals surface area contributed by atoms with Crippen LogP contribution >= 0.6 is 39.0 Å². The van der Waals surface area contributed by atoms with E-state index >= 15 is 0 Å². The Morgan fingerprint density at radius 2 is 2.18 bits per heavy atom. The molecule has 1 fully saturated rings. The van der Waals surface area contributed by atoms with Gasteiger partial charge in [-0.1, -0.05) is 17.8 Å². The Kier molecular flexibility index (Phi) is 5.79. The Morgan fingerprint density at radius 1 is 1.36 bits per heavy atom. The van der Waals surface area contributed by atoms with Crippen LogP contribution < -0.4 is 5.32 Å². The number of amides is 1. The molecule has 0 aliphatic heterocycles. The minimum atomic E-state index is -0.829. The molecule has 0 spiro atoms. The number of anilines is 1. The summed E-state index contributed by atoms with van der Waals surface area (Å²) in [5.41, 5.74) is -0.0750. The molecule has 0 radical (unpaired) electrons. The highest BCUT2D eigenvalue weighted by atomic mass is 79.9. The third kappa shape index (κ3) is 4.44. The molecule has 146 valence electrons. The fraction of sp³-hybridized carbons (Fsp3) is 0.278. The summed E-state index contributed by atoms with van der Waals surface area (Å²) in [4.78, 5) is 13.5. The number of nitrogens with one attached hydrogen (secondary N) is 1. The van der Waals surface area contributed by atoms with Crippen molar-refractivity contribution in [3.05, 3.63) is 56.5 Å². The molecular weight excluding hydrogens is 470 g/mol. The molecule has 1 saturated carbocycles. The molecule has 0 saturated heterocycles. The molecular formula is C18H15BrF2N4OS2. The van der Waals surface area contributed by atoms with Crippen LogP contribution in [0.2, 0.25) is 0 Å². The van der Waals surface area contributed by atoms with E-state index < -0.39 is 17.5 Å². The Hall–Kier alpha value is -1.78. The van der Waals surface area contributed by atoms with Gasteiger partial charge in [0.2, 0.25) is 5.91 Å². The van der Waals surface area contributed by atoms with Crippen molar-refractivity contribution in [3.63, 3.8) is 0 Å². The van der Waals surface area contributed by atoms with Gasteiger partial charge in [0.1, 0.15) is 11.6 Å². The highest BCUT2D eigenvalue weighted by Crippen LogP contribution is 2.39. The Morgan fingerprint density at radius 3 is 2.86 bits per heavy atom. The van der Waals surface area contributed by atoms with Crippen LogP contribution in [0, 0.1) is 11.6 Å². The predicted molar refractivity (Wildman–Crippen MR) is 109 cm³/mol. The first-order chi connectivity index (χ1) is 13.5. The maximum Gasteiger partial charge on any atom is 0.234 e. The Labute approximate surface area is 176 Å². The lowest BCUT2D eigenvalue weighted by atomic mass is 10.3. The van der Waals surface area contributed by atoms with Crippen LogP contribution in [0.3, 0.4) is 0 Å². The molecule has 3 aromatic rings. The number of hydrogen-bond donors (Lipinski definition) is 1. The van der Waals surface area contributed by atoms with Crippen molar-refractivity contribution in [1.82, 2.24) is 14.8 Å². The summed E-state index contributed by atoms with van der Waals surface area (Å²) >= 11 is 6.00. The monoisotopic (exact) mass is 484 g/mol. The molecule has 1 aliphatic carbocycles. The lowest BCUT2D eigenvalue weighted by Crippen LogP contribution is -2.16. The van der Waals surface area contributed by atoms with Crippen LogP contribution in [0.25, 0.3) is 0 Å². The van der Waals surface area contributed by atoms with Crippen LogP contribution in [0.5, 0.6) is 0 Å². The Bertz CT molecular complexity index is 982. The van der Waals surface area contributed by atoms with Gasteiger partial charge in [0.25, 0.3) is 0 Å². The van der Waals surface area contributed by atoms with E-state index in [0.717, 1.165) is 30.8 Å². The number of halogens is 3. The highest BCUT2D eigenvalue weighted by molar-refractivity contribution is 9.10. The summed E-state index contributed by atoms with van der Waals surface area (Å²) in [6.45, 7) is 0. The summed E-state index contributed by atoms with van der Waals surface area (Å²) in [7, 11) is 0. The zero-order valence-electron chi connectivity index (χ0n) is 14.5. The van der Waals surface area contributed by atoms with E-state index in [2.05, 4.69) is 42.1 Å². The zero-order valence-corrected chi connectivity index (χ0v) is 17.7. The average Bonchev–Trinajstić information content (AvgIpc) is 3.19. The number of thiophene rings is 1. The van der Waals surface area contributed by atoms with E-state index in [1.807, 2.05) is 11.4 Å². The minimum absolute atomic E-state index is 0.0487. The van der Waals surface area contributed by atoms with Crippen molar-refractivity contribution < 1.29 is 13.6 Å². The lowest BCUT2D eigenvalue weighted by molar-refractivity contribution is -0.113. The first-order valence-corrected chi connectivity index (χ1v) is 11.2. The van der Waals surface area contributed by atoms with Crippen LogP contribution in [0.1, 0.15) is 29.6 Å². The molecule has 1 amide bonds. The van der Waals surface area contributed by atoms with E-state index in [0.29, 0.717) is 17.6 Å². The second kappa shape index (κ2) is 8.30. The number of carbonyl (C=O) groups excluding carboxylic acids is 1. The molecule has 2 heterocycles. The van der Waals surface area contributed by atoms with Gasteiger partial charge in [-0.2, -0.15) is 0 Å². The normalized spacial score (nSPS) is 13.7. The van der Waals surface area contributed by atoms with Gasteiger partial charge in [-0.3, -0.25) is 4.79 Å². The molecule has 5 nitrogen and oxygen atoms in total. The van der Waals surface area contributed by atoms with Crippen LogP contribution in [-0.2, 0) is 11.2 Å². The van der Waals surface area contributed by atoms with Gasteiger partial charge in [0, 0.05) is 27.9 Å². The molecule has 4 rings (SSSR count). The van der Waals surface area contributed by atoms with Crippen molar-refractivity contribution in [2.75, 3.05) is 11.1 Å². The number of carbonyl (C=O) groups is 1. The number of aromatic nitrogens is 3. The summed E-state index contributed by atoms with van der Waals surface area (Å²) in [5.74, 6) is -1.01. The number of rotatable bonds is 7. The fourth-order valence-corrected chi connectivity index (χ4v) is 4.80. The molecule has 1 aliphatic rings. The molecule has 0 atom stereocenters. The third-order valence-corrected chi connectivity index (χ3v) is 6.61. The first-order valence-electron chi connectivity index (χ1n) is 8.54. The SMILES string of the molecule is O=C(CSc1nnc(Cc2cccs2)n1C1CC1)Nc1c(F)cc(F)cc1Br. The van der Waals surface area contributed by atoms with Crippen LogP contribution in [-0.4, -0.2) is 26.4 Å². The maximum absolute atomic E-state index is 13.9. The van der Waals surface area contributed by atoms with Gasteiger partial charge in [-0.05, 0) is 46.3 Å². The topological polar surface area (TPSA) is 59.8 Å². The molecule has 28 heavy (non-hydrogen) atoms. The standard InChI is InChI=1S/C18H15BrF2N4OS2/c19-13-6-10(20)7-14(21)17(13)22-16(26)9-28-18-24-23-15(25(18)11-3-4-11)8-12-2-1-5-27-12/h1-2,5-7,11H,3-4,8-9H2,(H,22,26). The second-order valence-corrected chi connectivity index (χ2v) is 9.17. The van der Waals surface area contributed by atoms with Crippen molar-refractivity contribution in [1.29, 1.82) is 0 Å². The molecule has 1 N–H and O–H groups in total. The van der Waals surface area contributed by atoms with E-state index in [1.165, 1.54) is 16.6 Å². The van der Waals surface area contributed by atoms with Gasteiger partial charge < -0.3 is 9.88 Å². The van der Waals surface area contributed by atoms with Crippen molar-refractivity contribution in [3.8, 4) is 0 Å². The van der Waals surface area contributed by atoms with E-state index in [9.17, 15) is 13.6 Å². The molecule has 0 unspecified atom stereocenters. The van der Waals surface area contributed by atoms with Crippen molar-refractivity contribution in [2.24, 2.45) is 0 Å². The first kappa shape index (κ1) is 19.5. The summed E-state index contributed by atoms with van der Waals surface area (Å²) < 4.78 is 29.3. The molecule has 2 aromatic heterocycles. The van der Waals surface area contributed by atoms with E-state index in [-0.39, 0.29) is 15.9 Å². The maximum atomic E-state index is 13.9. The molecule has 0 bridgehead atoms. The summed E-state index contributed by atoms with van der Waals surface area (Å²) in [5, 5.41) is 13.8. The van der Waals surface area contributed by atoms with Gasteiger partial charge in [-0.25, -0.2) is 8.78 Å². The van der Waals surface area contributed by atoms with Crippen LogP contribution in [0.4, 0.5) is 14.5 Å². The quantitative estimate of drug-likeness (QED) is 0.477.